The number of benzene rings is 1. The van der Waals surface area contributed by atoms with Crippen molar-refractivity contribution in [1.82, 2.24) is 5.32 Å². The minimum atomic E-state index is -0.00338. The summed E-state index contributed by atoms with van der Waals surface area (Å²) in [5, 5.41) is 11.7. The molecule has 106 valence electrons. The van der Waals surface area contributed by atoms with Crippen molar-refractivity contribution < 1.29 is 14.6 Å². The van der Waals surface area contributed by atoms with Crippen molar-refractivity contribution >= 4 is 5.91 Å². The first-order valence-corrected chi connectivity index (χ1v) is 6.60. The molecule has 1 aromatic carbocycles. The SMILES string of the molecule is COc1cc(CC(=O)NC(C)CCCO)ccc1C. The average Bonchev–Trinajstić information content (AvgIpc) is 2.38. The van der Waals surface area contributed by atoms with Crippen LogP contribution in [0, 0.1) is 6.92 Å². The van der Waals surface area contributed by atoms with Gasteiger partial charge in [-0.15, -0.1) is 0 Å². The number of aliphatic hydroxyl groups excluding tert-OH is 1. The zero-order chi connectivity index (χ0) is 14.3. The normalized spacial score (nSPS) is 12.0. The van der Waals surface area contributed by atoms with Gasteiger partial charge in [-0.25, -0.2) is 0 Å². The fraction of sp³-hybridized carbons (Fsp3) is 0.533. The van der Waals surface area contributed by atoms with Crippen LogP contribution in [0.4, 0.5) is 0 Å². The van der Waals surface area contributed by atoms with Crippen molar-refractivity contribution in [3.8, 4) is 5.75 Å². The monoisotopic (exact) mass is 265 g/mol. The highest BCUT2D eigenvalue weighted by molar-refractivity contribution is 5.79. The second-order valence-corrected chi connectivity index (χ2v) is 4.82. The maximum absolute atomic E-state index is 11.9. The molecule has 0 heterocycles. The van der Waals surface area contributed by atoms with Gasteiger partial charge in [0.2, 0.25) is 5.91 Å². The predicted molar refractivity (Wildman–Crippen MR) is 75.4 cm³/mol. The quantitative estimate of drug-likeness (QED) is 0.790. The van der Waals surface area contributed by atoms with Gasteiger partial charge < -0.3 is 15.2 Å². The van der Waals surface area contributed by atoms with Crippen LogP contribution in [0.25, 0.3) is 0 Å². The van der Waals surface area contributed by atoms with Crippen LogP contribution < -0.4 is 10.1 Å². The van der Waals surface area contributed by atoms with E-state index in [1.54, 1.807) is 7.11 Å². The van der Waals surface area contributed by atoms with Crippen LogP contribution in [0.15, 0.2) is 18.2 Å². The summed E-state index contributed by atoms with van der Waals surface area (Å²) in [5.41, 5.74) is 2.00. The zero-order valence-corrected chi connectivity index (χ0v) is 11.9. The Morgan fingerprint density at radius 1 is 1.47 bits per heavy atom. The summed E-state index contributed by atoms with van der Waals surface area (Å²) in [6.07, 6.45) is 1.85. The maximum atomic E-state index is 11.9. The minimum absolute atomic E-state index is 0.00338. The molecule has 0 bridgehead atoms. The Kier molecular flexibility index (Phi) is 6.36. The molecule has 19 heavy (non-hydrogen) atoms. The largest absolute Gasteiger partial charge is 0.496 e. The molecule has 1 atom stereocenters. The first-order chi connectivity index (χ1) is 9.06. The van der Waals surface area contributed by atoms with Crippen LogP contribution in [0.2, 0.25) is 0 Å². The molecule has 0 fully saturated rings. The summed E-state index contributed by atoms with van der Waals surface area (Å²) >= 11 is 0. The van der Waals surface area contributed by atoms with Gasteiger partial charge in [0, 0.05) is 12.6 Å². The Bertz CT molecular complexity index is 418. The molecule has 0 aliphatic rings. The van der Waals surface area contributed by atoms with Gasteiger partial charge in [0.15, 0.2) is 0 Å². The number of methoxy groups -OCH3 is 1. The van der Waals surface area contributed by atoms with Crippen molar-refractivity contribution in [2.45, 2.75) is 39.2 Å². The van der Waals surface area contributed by atoms with E-state index in [1.165, 1.54) is 0 Å². The van der Waals surface area contributed by atoms with Gasteiger partial charge in [0.1, 0.15) is 5.75 Å². The molecule has 0 saturated carbocycles. The van der Waals surface area contributed by atoms with E-state index in [2.05, 4.69) is 5.32 Å². The van der Waals surface area contributed by atoms with E-state index in [9.17, 15) is 4.79 Å². The first-order valence-electron chi connectivity index (χ1n) is 6.60. The Morgan fingerprint density at radius 3 is 2.84 bits per heavy atom. The van der Waals surface area contributed by atoms with Gasteiger partial charge in [-0.05, 0) is 43.9 Å². The molecule has 0 aromatic heterocycles. The maximum Gasteiger partial charge on any atom is 0.224 e. The van der Waals surface area contributed by atoms with Gasteiger partial charge in [-0.2, -0.15) is 0 Å². The molecule has 1 amide bonds. The molecule has 0 radical (unpaired) electrons. The molecule has 1 aromatic rings. The second-order valence-electron chi connectivity index (χ2n) is 4.82. The van der Waals surface area contributed by atoms with Gasteiger partial charge in [0.05, 0.1) is 13.5 Å². The van der Waals surface area contributed by atoms with Crippen molar-refractivity contribution in [1.29, 1.82) is 0 Å². The van der Waals surface area contributed by atoms with Crippen molar-refractivity contribution in [3.05, 3.63) is 29.3 Å². The molecule has 1 rings (SSSR count). The molecule has 1 unspecified atom stereocenters. The number of hydrogen-bond acceptors (Lipinski definition) is 3. The third kappa shape index (κ3) is 5.30. The van der Waals surface area contributed by atoms with E-state index in [0.29, 0.717) is 12.8 Å². The van der Waals surface area contributed by atoms with E-state index in [1.807, 2.05) is 32.0 Å². The molecule has 0 saturated heterocycles. The fourth-order valence-corrected chi connectivity index (χ4v) is 1.96. The van der Waals surface area contributed by atoms with Gasteiger partial charge >= 0.3 is 0 Å². The molecule has 2 N–H and O–H groups in total. The summed E-state index contributed by atoms with van der Waals surface area (Å²) in [6.45, 7) is 4.08. The summed E-state index contributed by atoms with van der Waals surface area (Å²) < 4.78 is 5.24. The number of amides is 1. The number of carbonyl (C=O) groups excluding carboxylic acids is 1. The van der Waals surface area contributed by atoms with Crippen LogP contribution in [0.1, 0.15) is 30.9 Å². The zero-order valence-electron chi connectivity index (χ0n) is 11.9. The predicted octanol–water partition coefficient (Wildman–Crippen LogP) is 1.82. The topological polar surface area (TPSA) is 58.6 Å². The van der Waals surface area contributed by atoms with Gasteiger partial charge in [-0.3, -0.25) is 4.79 Å². The van der Waals surface area contributed by atoms with Gasteiger partial charge in [-0.1, -0.05) is 12.1 Å². The molecule has 0 aliphatic heterocycles. The summed E-state index contributed by atoms with van der Waals surface area (Å²) in [5.74, 6) is 0.801. The Labute approximate surface area is 114 Å². The van der Waals surface area contributed by atoms with Crippen molar-refractivity contribution in [2.24, 2.45) is 0 Å². The van der Waals surface area contributed by atoms with Gasteiger partial charge in [0.25, 0.3) is 0 Å². The number of rotatable bonds is 7. The summed E-state index contributed by atoms with van der Waals surface area (Å²) in [7, 11) is 1.63. The third-order valence-electron chi connectivity index (χ3n) is 3.04. The van der Waals surface area contributed by atoms with Crippen LogP contribution >= 0.6 is 0 Å². The third-order valence-corrected chi connectivity index (χ3v) is 3.04. The summed E-state index contributed by atoms with van der Waals surface area (Å²) in [4.78, 5) is 11.9. The average molecular weight is 265 g/mol. The lowest BCUT2D eigenvalue weighted by atomic mass is 10.1. The number of carbonyl (C=O) groups is 1. The molecular weight excluding hydrogens is 242 g/mol. The number of hydrogen-bond donors (Lipinski definition) is 2. The standard InChI is InChI=1S/C15H23NO3/c1-11-6-7-13(9-14(11)19-3)10-15(18)16-12(2)5-4-8-17/h6-7,9,12,17H,4-5,8,10H2,1-3H3,(H,16,18). The van der Waals surface area contributed by atoms with E-state index in [4.69, 9.17) is 9.84 Å². The molecular formula is C15H23NO3. The number of aliphatic hydroxyl groups is 1. The second kappa shape index (κ2) is 7.79. The Morgan fingerprint density at radius 2 is 2.21 bits per heavy atom. The lowest BCUT2D eigenvalue weighted by Gasteiger charge is -2.13. The fourth-order valence-electron chi connectivity index (χ4n) is 1.96. The number of ether oxygens (including phenoxy) is 1. The molecule has 4 nitrogen and oxygen atoms in total. The van der Waals surface area contributed by atoms with E-state index in [-0.39, 0.29) is 18.6 Å². The first kappa shape index (κ1) is 15.5. The highest BCUT2D eigenvalue weighted by Gasteiger charge is 2.09. The lowest BCUT2D eigenvalue weighted by Crippen LogP contribution is -2.33. The highest BCUT2D eigenvalue weighted by Crippen LogP contribution is 2.19. The van der Waals surface area contributed by atoms with Crippen LogP contribution in [0.5, 0.6) is 5.75 Å². The molecule has 4 heteroatoms. The highest BCUT2D eigenvalue weighted by atomic mass is 16.5. The number of aryl methyl sites for hydroxylation is 1. The smallest absolute Gasteiger partial charge is 0.224 e. The Hall–Kier alpha value is -1.55. The molecule has 0 spiro atoms. The Balaban J connectivity index is 2.52. The lowest BCUT2D eigenvalue weighted by molar-refractivity contribution is -0.121. The number of nitrogens with one attached hydrogen (secondary N) is 1. The van der Waals surface area contributed by atoms with Crippen LogP contribution in [0.3, 0.4) is 0 Å². The van der Waals surface area contributed by atoms with Crippen molar-refractivity contribution in [2.75, 3.05) is 13.7 Å². The van der Waals surface area contributed by atoms with Crippen LogP contribution in [-0.4, -0.2) is 30.8 Å². The van der Waals surface area contributed by atoms with E-state index >= 15 is 0 Å². The molecule has 0 aliphatic carbocycles. The van der Waals surface area contributed by atoms with Crippen molar-refractivity contribution in [3.63, 3.8) is 0 Å². The van der Waals surface area contributed by atoms with Crippen LogP contribution in [-0.2, 0) is 11.2 Å². The summed E-state index contributed by atoms with van der Waals surface area (Å²) in [6, 6.07) is 5.88. The van der Waals surface area contributed by atoms with E-state index < -0.39 is 0 Å². The minimum Gasteiger partial charge on any atom is -0.496 e. The van der Waals surface area contributed by atoms with E-state index in [0.717, 1.165) is 23.3 Å².